The number of carbonyl (C=O) groups is 2. The summed E-state index contributed by atoms with van der Waals surface area (Å²) in [6.45, 7) is 2.07. The van der Waals surface area contributed by atoms with Crippen LogP contribution < -0.4 is 5.32 Å². The fraction of sp³-hybridized carbons (Fsp3) is 0.214. The van der Waals surface area contributed by atoms with Crippen LogP contribution in [0.5, 0.6) is 0 Å². The smallest absolute Gasteiger partial charge is 0.338 e. The number of ether oxygens (including phenoxy) is 1. The zero-order valence-electron chi connectivity index (χ0n) is 11.6. The highest BCUT2D eigenvalue weighted by atomic mass is 79.9. The summed E-state index contributed by atoms with van der Waals surface area (Å²) in [5.74, 6) is -0.663. The number of halogens is 1. The van der Waals surface area contributed by atoms with Gasteiger partial charge < -0.3 is 10.1 Å². The van der Waals surface area contributed by atoms with Crippen molar-refractivity contribution in [2.24, 2.45) is 7.05 Å². The molecular formula is C14H14BrN3O3. The molecule has 21 heavy (non-hydrogen) atoms. The van der Waals surface area contributed by atoms with Crippen LogP contribution in [0.15, 0.2) is 35.1 Å². The van der Waals surface area contributed by atoms with Gasteiger partial charge in [0, 0.05) is 18.9 Å². The van der Waals surface area contributed by atoms with E-state index < -0.39 is 0 Å². The Morgan fingerprint density at radius 2 is 2.00 bits per heavy atom. The van der Waals surface area contributed by atoms with Gasteiger partial charge in [-0.05, 0) is 47.1 Å². The fourth-order valence-corrected chi connectivity index (χ4v) is 2.25. The Kier molecular flexibility index (Phi) is 4.74. The van der Waals surface area contributed by atoms with Crippen LogP contribution in [0.2, 0.25) is 0 Å². The van der Waals surface area contributed by atoms with Crippen molar-refractivity contribution in [3.05, 3.63) is 46.2 Å². The Hall–Kier alpha value is -2.15. The van der Waals surface area contributed by atoms with E-state index in [-0.39, 0.29) is 11.9 Å². The molecule has 110 valence electrons. The maximum atomic E-state index is 12.1. The van der Waals surface area contributed by atoms with Crippen LogP contribution in [-0.2, 0) is 11.8 Å². The average Bonchev–Trinajstić information content (AvgIpc) is 2.79. The number of aryl methyl sites for hydroxylation is 1. The minimum Gasteiger partial charge on any atom is -0.462 e. The lowest BCUT2D eigenvalue weighted by atomic mass is 10.2. The minimum atomic E-state index is -0.384. The molecule has 1 aromatic carbocycles. The summed E-state index contributed by atoms with van der Waals surface area (Å²) < 4.78 is 6.92. The van der Waals surface area contributed by atoms with Gasteiger partial charge in [0.05, 0.1) is 17.7 Å². The SMILES string of the molecule is CCOC(=O)c1ccc(NC(=O)c2cn(C)nc2Br)cc1. The molecule has 2 aromatic rings. The lowest BCUT2D eigenvalue weighted by Crippen LogP contribution is -2.12. The van der Waals surface area contributed by atoms with Crippen molar-refractivity contribution in [2.45, 2.75) is 6.92 Å². The summed E-state index contributed by atoms with van der Waals surface area (Å²) in [5, 5.41) is 6.78. The number of rotatable bonds is 4. The molecule has 0 aliphatic rings. The van der Waals surface area contributed by atoms with Crippen LogP contribution in [0.25, 0.3) is 0 Å². The molecule has 1 heterocycles. The second-order valence-electron chi connectivity index (χ2n) is 4.26. The van der Waals surface area contributed by atoms with Crippen LogP contribution in [-0.4, -0.2) is 28.3 Å². The highest BCUT2D eigenvalue weighted by Crippen LogP contribution is 2.17. The van der Waals surface area contributed by atoms with Crippen LogP contribution in [0.1, 0.15) is 27.6 Å². The molecule has 2 rings (SSSR count). The highest BCUT2D eigenvalue weighted by molar-refractivity contribution is 9.10. The van der Waals surface area contributed by atoms with E-state index in [1.54, 1.807) is 49.1 Å². The summed E-state index contributed by atoms with van der Waals surface area (Å²) in [7, 11) is 1.73. The highest BCUT2D eigenvalue weighted by Gasteiger charge is 2.14. The van der Waals surface area contributed by atoms with Crippen molar-refractivity contribution in [2.75, 3.05) is 11.9 Å². The second-order valence-corrected chi connectivity index (χ2v) is 5.01. The summed E-state index contributed by atoms with van der Waals surface area (Å²) in [6.07, 6.45) is 1.62. The second kappa shape index (κ2) is 6.53. The lowest BCUT2D eigenvalue weighted by molar-refractivity contribution is 0.0526. The van der Waals surface area contributed by atoms with E-state index in [9.17, 15) is 9.59 Å². The largest absolute Gasteiger partial charge is 0.462 e. The molecule has 0 aliphatic carbocycles. The van der Waals surface area contributed by atoms with Crippen LogP contribution in [0, 0.1) is 0 Å². The van der Waals surface area contributed by atoms with Gasteiger partial charge in [-0.15, -0.1) is 0 Å². The molecule has 0 saturated heterocycles. The van der Waals surface area contributed by atoms with Gasteiger partial charge in [0.15, 0.2) is 0 Å². The molecule has 0 radical (unpaired) electrons. The topological polar surface area (TPSA) is 73.2 Å². The van der Waals surface area contributed by atoms with Gasteiger partial charge >= 0.3 is 5.97 Å². The van der Waals surface area contributed by atoms with E-state index in [4.69, 9.17) is 4.74 Å². The first-order valence-corrected chi connectivity index (χ1v) is 7.08. The molecule has 1 aromatic heterocycles. The van der Waals surface area contributed by atoms with Crippen molar-refractivity contribution in [1.82, 2.24) is 9.78 Å². The van der Waals surface area contributed by atoms with Crippen molar-refractivity contribution < 1.29 is 14.3 Å². The van der Waals surface area contributed by atoms with Gasteiger partial charge in [-0.25, -0.2) is 4.79 Å². The van der Waals surface area contributed by atoms with Crippen molar-refractivity contribution in [3.8, 4) is 0 Å². The standard InChI is InChI=1S/C14H14BrN3O3/c1-3-21-14(20)9-4-6-10(7-5-9)16-13(19)11-8-18(2)17-12(11)15/h4-8H,3H2,1-2H3,(H,16,19). The Bertz CT molecular complexity index is 665. The first-order chi connectivity index (χ1) is 10.0. The van der Waals surface area contributed by atoms with E-state index in [1.165, 1.54) is 0 Å². The number of carbonyl (C=O) groups excluding carboxylic acids is 2. The van der Waals surface area contributed by atoms with Gasteiger partial charge in [-0.3, -0.25) is 9.48 Å². The number of anilines is 1. The number of nitrogens with zero attached hydrogens (tertiary/aromatic N) is 2. The number of aromatic nitrogens is 2. The predicted octanol–water partition coefficient (Wildman–Crippen LogP) is 2.61. The molecule has 7 heteroatoms. The zero-order valence-corrected chi connectivity index (χ0v) is 13.2. The summed E-state index contributed by atoms with van der Waals surface area (Å²) in [4.78, 5) is 23.6. The van der Waals surface area contributed by atoms with E-state index >= 15 is 0 Å². The van der Waals surface area contributed by atoms with Crippen molar-refractivity contribution in [1.29, 1.82) is 0 Å². The van der Waals surface area contributed by atoms with E-state index in [1.807, 2.05) is 0 Å². The third-order valence-corrected chi connectivity index (χ3v) is 3.27. The van der Waals surface area contributed by atoms with Crippen molar-refractivity contribution >= 4 is 33.5 Å². The molecule has 6 nitrogen and oxygen atoms in total. The van der Waals surface area contributed by atoms with Gasteiger partial charge in [-0.1, -0.05) is 0 Å². The van der Waals surface area contributed by atoms with Crippen LogP contribution >= 0.6 is 15.9 Å². The molecule has 0 aliphatic heterocycles. The Morgan fingerprint density at radius 3 is 2.52 bits per heavy atom. The molecule has 0 saturated carbocycles. The number of nitrogens with one attached hydrogen (secondary N) is 1. The van der Waals surface area contributed by atoms with E-state index in [2.05, 4.69) is 26.3 Å². The average molecular weight is 352 g/mol. The first kappa shape index (κ1) is 15.2. The summed E-state index contributed by atoms with van der Waals surface area (Å²) in [6, 6.07) is 6.50. The maximum Gasteiger partial charge on any atom is 0.338 e. The molecule has 0 bridgehead atoms. The molecule has 1 amide bonds. The fourth-order valence-electron chi connectivity index (χ4n) is 1.72. The molecule has 0 fully saturated rings. The van der Waals surface area contributed by atoms with E-state index in [0.29, 0.717) is 28.0 Å². The van der Waals surface area contributed by atoms with Gasteiger partial charge in [0.1, 0.15) is 4.60 Å². The number of esters is 1. The van der Waals surface area contributed by atoms with Crippen LogP contribution in [0.3, 0.4) is 0 Å². The van der Waals surface area contributed by atoms with Gasteiger partial charge in [0.2, 0.25) is 0 Å². The monoisotopic (exact) mass is 351 g/mol. The van der Waals surface area contributed by atoms with Crippen LogP contribution in [0.4, 0.5) is 5.69 Å². The summed E-state index contributed by atoms with van der Waals surface area (Å²) in [5.41, 5.74) is 1.47. The predicted molar refractivity (Wildman–Crippen MR) is 81.3 cm³/mol. The first-order valence-electron chi connectivity index (χ1n) is 6.29. The molecule has 1 N–H and O–H groups in total. The third kappa shape index (κ3) is 3.69. The van der Waals surface area contributed by atoms with E-state index in [0.717, 1.165) is 0 Å². The molecular weight excluding hydrogens is 338 g/mol. The number of amides is 1. The minimum absolute atomic E-state index is 0.279. The third-order valence-electron chi connectivity index (χ3n) is 2.68. The number of hydrogen-bond acceptors (Lipinski definition) is 4. The normalized spacial score (nSPS) is 10.2. The zero-order chi connectivity index (χ0) is 15.4. The molecule has 0 atom stereocenters. The summed E-state index contributed by atoms with van der Waals surface area (Å²) >= 11 is 3.23. The Morgan fingerprint density at radius 1 is 1.33 bits per heavy atom. The Labute approximate surface area is 130 Å². The number of hydrogen-bond donors (Lipinski definition) is 1. The lowest BCUT2D eigenvalue weighted by Gasteiger charge is -2.05. The van der Waals surface area contributed by atoms with Gasteiger partial charge in [-0.2, -0.15) is 5.10 Å². The van der Waals surface area contributed by atoms with Gasteiger partial charge in [0.25, 0.3) is 5.91 Å². The molecule has 0 spiro atoms. The quantitative estimate of drug-likeness (QED) is 0.859. The number of benzene rings is 1. The molecule has 0 unspecified atom stereocenters. The Balaban J connectivity index is 2.08. The van der Waals surface area contributed by atoms with Crippen molar-refractivity contribution in [3.63, 3.8) is 0 Å². The maximum absolute atomic E-state index is 12.1.